The second kappa shape index (κ2) is 5.69. The Morgan fingerprint density at radius 1 is 1.50 bits per heavy atom. The highest BCUT2D eigenvalue weighted by atomic mass is 16.2. The summed E-state index contributed by atoms with van der Waals surface area (Å²) in [5.74, 6) is -0.0927. The molecule has 0 aromatic rings. The number of amides is 3. The zero-order chi connectivity index (χ0) is 12.1. The number of likely N-dealkylation sites (N-methyl/N-ethyl adjacent to an activating group) is 1. The molecule has 0 radical (unpaired) electrons. The first kappa shape index (κ1) is 12.8. The monoisotopic (exact) mass is 228 g/mol. The summed E-state index contributed by atoms with van der Waals surface area (Å²) in [6.07, 6.45) is 0. The molecule has 1 saturated heterocycles. The number of hydrogen-bond acceptors (Lipinski definition) is 3. The van der Waals surface area contributed by atoms with Gasteiger partial charge in [0.2, 0.25) is 5.91 Å². The second-order valence-corrected chi connectivity index (χ2v) is 3.98. The lowest BCUT2D eigenvalue weighted by atomic mass is 10.2. The molecular weight excluding hydrogens is 208 g/mol. The first-order chi connectivity index (χ1) is 7.57. The molecule has 1 fully saturated rings. The van der Waals surface area contributed by atoms with Gasteiger partial charge in [0.1, 0.15) is 6.04 Å². The van der Waals surface area contributed by atoms with Crippen molar-refractivity contribution in [2.75, 3.05) is 40.3 Å². The van der Waals surface area contributed by atoms with Crippen LogP contribution in [0.3, 0.4) is 0 Å². The van der Waals surface area contributed by atoms with Crippen LogP contribution in [0, 0.1) is 0 Å². The van der Waals surface area contributed by atoms with E-state index in [1.807, 2.05) is 6.92 Å². The molecule has 0 spiro atoms. The van der Waals surface area contributed by atoms with Crippen molar-refractivity contribution in [2.24, 2.45) is 0 Å². The molecule has 16 heavy (non-hydrogen) atoms. The standard InChI is InChI=1S/C10H20N4O2/c1-4-12-9(15)8-7-11-5-6-14(8)10(16)13(2)3/h8,11H,4-7H2,1-3H3,(H,12,15). The van der Waals surface area contributed by atoms with Gasteiger partial charge in [-0.1, -0.05) is 0 Å². The van der Waals surface area contributed by atoms with E-state index < -0.39 is 6.04 Å². The Morgan fingerprint density at radius 3 is 2.75 bits per heavy atom. The van der Waals surface area contributed by atoms with Crippen LogP contribution in [0.2, 0.25) is 0 Å². The Labute approximate surface area is 96.0 Å². The average molecular weight is 228 g/mol. The number of carbonyl (C=O) groups excluding carboxylic acids is 2. The Kier molecular flexibility index (Phi) is 4.54. The molecule has 0 saturated carbocycles. The molecule has 3 amide bonds. The lowest BCUT2D eigenvalue weighted by Gasteiger charge is -2.36. The van der Waals surface area contributed by atoms with Gasteiger partial charge in [-0.25, -0.2) is 4.79 Å². The highest BCUT2D eigenvalue weighted by Gasteiger charge is 2.32. The maximum absolute atomic E-state index is 11.9. The third kappa shape index (κ3) is 2.85. The van der Waals surface area contributed by atoms with Gasteiger partial charge in [-0.2, -0.15) is 0 Å². The summed E-state index contributed by atoms with van der Waals surface area (Å²) in [6.45, 7) is 4.27. The average Bonchev–Trinajstić information content (AvgIpc) is 2.28. The van der Waals surface area contributed by atoms with Crippen LogP contribution in [0.25, 0.3) is 0 Å². The van der Waals surface area contributed by atoms with Crippen molar-refractivity contribution in [3.8, 4) is 0 Å². The molecule has 92 valence electrons. The first-order valence-electron chi connectivity index (χ1n) is 5.54. The van der Waals surface area contributed by atoms with Gasteiger partial charge in [0.05, 0.1) is 0 Å². The smallest absolute Gasteiger partial charge is 0.320 e. The summed E-state index contributed by atoms with van der Waals surface area (Å²) in [5, 5.41) is 5.87. The summed E-state index contributed by atoms with van der Waals surface area (Å²) in [4.78, 5) is 26.7. The molecule has 0 aromatic carbocycles. The second-order valence-electron chi connectivity index (χ2n) is 3.98. The summed E-state index contributed by atoms with van der Waals surface area (Å²) in [7, 11) is 3.39. The molecule has 0 aliphatic carbocycles. The molecule has 0 aromatic heterocycles. The lowest BCUT2D eigenvalue weighted by Crippen LogP contribution is -2.61. The van der Waals surface area contributed by atoms with Crippen molar-refractivity contribution in [1.29, 1.82) is 0 Å². The van der Waals surface area contributed by atoms with Gasteiger partial charge < -0.3 is 20.4 Å². The van der Waals surface area contributed by atoms with E-state index >= 15 is 0 Å². The minimum absolute atomic E-state index is 0.0927. The lowest BCUT2D eigenvalue weighted by molar-refractivity contribution is -0.126. The maximum Gasteiger partial charge on any atom is 0.320 e. The van der Waals surface area contributed by atoms with Crippen molar-refractivity contribution >= 4 is 11.9 Å². The highest BCUT2D eigenvalue weighted by molar-refractivity contribution is 5.87. The molecule has 1 heterocycles. The van der Waals surface area contributed by atoms with Gasteiger partial charge in [-0.3, -0.25) is 4.79 Å². The Hall–Kier alpha value is -1.30. The first-order valence-corrected chi connectivity index (χ1v) is 5.54. The Morgan fingerprint density at radius 2 is 2.19 bits per heavy atom. The van der Waals surface area contributed by atoms with Gasteiger partial charge in [-0.15, -0.1) is 0 Å². The largest absolute Gasteiger partial charge is 0.355 e. The summed E-state index contributed by atoms with van der Waals surface area (Å²) < 4.78 is 0. The van der Waals surface area contributed by atoms with E-state index in [-0.39, 0.29) is 11.9 Å². The fraction of sp³-hybridized carbons (Fsp3) is 0.800. The molecule has 1 atom stereocenters. The van der Waals surface area contributed by atoms with Crippen LogP contribution in [0.5, 0.6) is 0 Å². The fourth-order valence-electron chi connectivity index (χ4n) is 1.72. The van der Waals surface area contributed by atoms with E-state index in [4.69, 9.17) is 0 Å². The minimum Gasteiger partial charge on any atom is -0.355 e. The van der Waals surface area contributed by atoms with Crippen molar-refractivity contribution in [3.63, 3.8) is 0 Å². The van der Waals surface area contributed by atoms with Crippen molar-refractivity contribution in [3.05, 3.63) is 0 Å². The summed E-state index contributed by atoms with van der Waals surface area (Å²) in [6, 6.07) is -0.513. The zero-order valence-corrected chi connectivity index (χ0v) is 10.1. The van der Waals surface area contributed by atoms with Crippen LogP contribution >= 0.6 is 0 Å². The predicted molar refractivity (Wildman–Crippen MR) is 61.1 cm³/mol. The third-order valence-electron chi connectivity index (χ3n) is 2.53. The number of nitrogens with one attached hydrogen (secondary N) is 2. The van der Waals surface area contributed by atoms with Crippen LogP contribution in [0.15, 0.2) is 0 Å². The highest BCUT2D eigenvalue weighted by Crippen LogP contribution is 2.06. The number of nitrogens with zero attached hydrogens (tertiary/aromatic N) is 2. The minimum atomic E-state index is -0.399. The molecule has 0 bridgehead atoms. The van der Waals surface area contributed by atoms with Crippen LogP contribution < -0.4 is 10.6 Å². The van der Waals surface area contributed by atoms with Crippen LogP contribution in [-0.2, 0) is 4.79 Å². The van der Waals surface area contributed by atoms with E-state index in [0.29, 0.717) is 19.6 Å². The van der Waals surface area contributed by atoms with E-state index in [9.17, 15) is 9.59 Å². The fourth-order valence-corrected chi connectivity index (χ4v) is 1.72. The molecule has 1 aliphatic heterocycles. The van der Waals surface area contributed by atoms with E-state index in [0.717, 1.165) is 6.54 Å². The number of hydrogen-bond donors (Lipinski definition) is 2. The van der Waals surface area contributed by atoms with E-state index in [1.165, 1.54) is 4.90 Å². The molecule has 1 rings (SSSR count). The normalized spacial score (nSPS) is 20.4. The van der Waals surface area contributed by atoms with Crippen LogP contribution in [0.4, 0.5) is 4.79 Å². The summed E-state index contributed by atoms with van der Waals surface area (Å²) in [5.41, 5.74) is 0. The van der Waals surface area contributed by atoms with E-state index in [1.54, 1.807) is 19.0 Å². The van der Waals surface area contributed by atoms with Gasteiger partial charge in [0.15, 0.2) is 0 Å². The van der Waals surface area contributed by atoms with Crippen LogP contribution in [0.1, 0.15) is 6.92 Å². The summed E-state index contributed by atoms with van der Waals surface area (Å²) >= 11 is 0. The molecule has 2 N–H and O–H groups in total. The van der Waals surface area contributed by atoms with Crippen molar-refractivity contribution < 1.29 is 9.59 Å². The molecule has 6 heteroatoms. The quantitative estimate of drug-likeness (QED) is 0.642. The number of carbonyl (C=O) groups is 2. The molecule has 1 unspecified atom stereocenters. The van der Waals surface area contributed by atoms with Gasteiger partial charge in [-0.05, 0) is 6.92 Å². The third-order valence-corrected chi connectivity index (χ3v) is 2.53. The number of piperazine rings is 1. The van der Waals surface area contributed by atoms with Gasteiger partial charge in [0, 0.05) is 40.3 Å². The zero-order valence-electron chi connectivity index (χ0n) is 10.1. The Balaban J connectivity index is 2.71. The van der Waals surface area contributed by atoms with Crippen LogP contribution in [-0.4, -0.2) is 68.1 Å². The SMILES string of the molecule is CCNC(=O)C1CNCCN1C(=O)N(C)C. The Bertz CT molecular complexity index is 268. The van der Waals surface area contributed by atoms with Crippen molar-refractivity contribution in [1.82, 2.24) is 20.4 Å². The maximum atomic E-state index is 11.9. The van der Waals surface area contributed by atoms with E-state index in [2.05, 4.69) is 10.6 Å². The van der Waals surface area contributed by atoms with Crippen molar-refractivity contribution in [2.45, 2.75) is 13.0 Å². The topological polar surface area (TPSA) is 64.7 Å². The van der Waals surface area contributed by atoms with Gasteiger partial charge >= 0.3 is 6.03 Å². The molecular formula is C10H20N4O2. The molecule has 1 aliphatic rings. The predicted octanol–water partition coefficient (Wildman–Crippen LogP) is -0.922. The number of rotatable bonds is 2. The molecule has 6 nitrogen and oxygen atoms in total. The van der Waals surface area contributed by atoms with Gasteiger partial charge in [0.25, 0.3) is 0 Å². The number of urea groups is 1.